The SMILES string of the molecule is Cc1ccccc1OCC(=O)NNC(=O)C(C)(C)C. The maximum absolute atomic E-state index is 11.5. The van der Waals surface area contributed by atoms with E-state index in [2.05, 4.69) is 10.9 Å². The minimum atomic E-state index is -0.551. The lowest BCUT2D eigenvalue weighted by molar-refractivity contribution is -0.134. The molecule has 5 nitrogen and oxygen atoms in total. The zero-order valence-corrected chi connectivity index (χ0v) is 11.7. The average Bonchev–Trinajstić information content (AvgIpc) is 2.33. The molecule has 0 fully saturated rings. The summed E-state index contributed by atoms with van der Waals surface area (Å²) < 4.78 is 5.35. The summed E-state index contributed by atoms with van der Waals surface area (Å²) in [5.41, 5.74) is 5.07. The minimum absolute atomic E-state index is 0.144. The van der Waals surface area contributed by atoms with E-state index in [9.17, 15) is 9.59 Å². The van der Waals surface area contributed by atoms with Crippen LogP contribution in [0.2, 0.25) is 0 Å². The highest BCUT2D eigenvalue weighted by atomic mass is 16.5. The quantitative estimate of drug-likeness (QED) is 0.814. The molecule has 0 spiro atoms. The first-order valence-corrected chi connectivity index (χ1v) is 6.08. The second-order valence-electron chi connectivity index (χ2n) is 5.31. The van der Waals surface area contributed by atoms with Crippen LogP contribution in [0.5, 0.6) is 5.75 Å². The van der Waals surface area contributed by atoms with E-state index >= 15 is 0 Å². The number of aryl methyl sites for hydroxylation is 1. The second kappa shape index (κ2) is 6.22. The third kappa shape index (κ3) is 4.99. The highest BCUT2D eigenvalue weighted by molar-refractivity contribution is 5.85. The first kappa shape index (κ1) is 15.0. The summed E-state index contributed by atoms with van der Waals surface area (Å²) in [5, 5.41) is 0. The first-order valence-electron chi connectivity index (χ1n) is 6.08. The average molecular weight is 264 g/mol. The van der Waals surface area contributed by atoms with Crippen molar-refractivity contribution >= 4 is 11.8 Å². The molecule has 5 heteroatoms. The van der Waals surface area contributed by atoms with E-state index in [1.807, 2.05) is 25.1 Å². The Balaban J connectivity index is 2.37. The Morgan fingerprint density at radius 3 is 2.37 bits per heavy atom. The second-order valence-corrected chi connectivity index (χ2v) is 5.31. The third-order valence-corrected chi connectivity index (χ3v) is 2.45. The highest BCUT2D eigenvalue weighted by Crippen LogP contribution is 2.15. The van der Waals surface area contributed by atoms with Gasteiger partial charge in [0.15, 0.2) is 6.61 Å². The summed E-state index contributed by atoms with van der Waals surface area (Å²) in [6.45, 7) is 7.04. The van der Waals surface area contributed by atoms with Crippen molar-refractivity contribution in [1.29, 1.82) is 0 Å². The standard InChI is InChI=1S/C14H20N2O3/c1-10-7-5-6-8-11(10)19-9-12(17)15-16-13(18)14(2,3)4/h5-8H,9H2,1-4H3,(H,15,17)(H,16,18). The van der Waals surface area contributed by atoms with Crippen molar-refractivity contribution in [2.75, 3.05) is 6.61 Å². The normalized spacial score (nSPS) is 10.7. The lowest BCUT2D eigenvalue weighted by Crippen LogP contribution is -2.48. The summed E-state index contributed by atoms with van der Waals surface area (Å²) in [6, 6.07) is 7.42. The summed E-state index contributed by atoms with van der Waals surface area (Å²) >= 11 is 0. The molecule has 2 N–H and O–H groups in total. The van der Waals surface area contributed by atoms with Crippen LogP contribution < -0.4 is 15.6 Å². The Labute approximate surface area is 113 Å². The fraction of sp³-hybridized carbons (Fsp3) is 0.429. The highest BCUT2D eigenvalue weighted by Gasteiger charge is 2.21. The molecule has 0 aliphatic heterocycles. The number of hydrogen-bond acceptors (Lipinski definition) is 3. The predicted molar refractivity (Wildman–Crippen MR) is 72.4 cm³/mol. The summed E-state index contributed by atoms with van der Waals surface area (Å²) in [7, 11) is 0. The van der Waals surface area contributed by atoms with E-state index in [1.54, 1.807) is 26.8 Å². The molecule has 0 unspecified atom stereocenters. The molecule has 0 aromatic heterocycles. The Hall–Kier alpha value is -2.04. The van der Waals surface area contributed by atoms with Crippen molar-refractivity contribution in [3.05, 3.63) is 29.8 Å². The number of para-hydroxylation sites is 1. The van der Waals surface area contributed by atoms with Gasteiger partial charge in [-0.15, -0.1) is 0 Å². The maximum Gasteiger partial charge on any atom is 0.276 e. The topological polar surface area (TPSA) is 67.4 Å². The van der Waals surface area contributed by atoms with Gasteiger partial charge in [0, 0.05) is 5.41 Å². The van der Waals surface area contributed by atoms with E-state index in [4.69, 9.17) is 4.74 Å². The molecule has 0 atom stereocenters. The van der Waals surface area contributed by atoms with Crippen LogP contribution in [-0.4, -0.2) is 18.4 Å². The molecule has 2 amide bonds. The van der Waals surface area contributed by atoms with Crippen molar-refractivity contribution in [3.63, 3.8) is 0 Å². The molecule has 1 aromatic rings. The minimum Gasteiger partial charge on any atom is -0.483 e. The van der Waals surface area contributed by atoms with E-state index in [0.29, 0.717) is 5.75 Å². The number of carbonyl (C=O) groups excluding carboxylic acids is 2. The molecular formula is C14H20N2O3. The Morgan fingerprint density at radius 1 is 1.16 bits per heavy atom. The van der Waals surface area contributed by atoms with Crippen LogP contribution in [0, 0.1) is 12.3 Å². The van der Waals surface area contributed by atoms with Crippen LogP contribution in [0.3, 0.4) is 0 Å². The number of hydrazine groups is 1. The third-order valence-electron chi connectivity index (χ3n) is 2.45. The number of ether oxygens (including phenoxy) is 1. The number of hydrogen-bond donors (Lipinski definition) is 2. The molecule has 0 bridgehead atoms. The van der Waals surface area contributed by atoms with Gasteiger partial charge in [-0.1, -0.05) is 39.0 Å². The largest absolute Gasteiger partial charge is 0.483 e. The van der Waals surface area contributed by atoms with Crippen molar-refractivity contribution in [1.82, 2.24) is 10.9 Å². The van der Waals surface area contributed by atoms with Gasteiger partial charge in [0.1, 0.15) is 5.75 Å². The zero-order valence-electron chi connectivity index (χ0n) is 11.7. The summed E-state index contributed by atoms with van der Waals surface area (Å²) in [4.78, 5) is 23.0. The molecule has 104 valence electrons. The van der Waals surface area contributed by atoms with Gasteiger partial charge < -0.3 is 4.74 Å². The Kier molecular flexibility index (Phi) is 4.92. The zero-order chi connectivity index (χ0) is 14.5. The van der Waals surface area contributed by atoms with Crippen molar-refractivity contribution in [2.45, 2.75) is 27.7 Å². The number of nitrogens with one attached hydrogen (secondary N) is 2. The predicted octanol–water partition coefficient (Wildman–Crippen LogP) is 1.57. The van der Waals surface area contributed by atoms with E-state index in [1.165, 1.54) is 0 Å². The molecule has 0 saturated heterocycles. The fourth-order valence-electron chi connectivity index (χ4n) is 1.21. The lowest BCUT2D eigenvalue weighted by atomic mass is 9.96. The number of rotatable bonds is 3. The van der Waals surface area contributed by atoms with E-state index < -0.39 is 11.3 Å². The lowest BCUT2D eigenvalue weighted by Gasteiger charge is -2.18. The Bertz CT molecular complexity index is 464. The van der Waals surface area contributed by atoms with Crippen molar-refractivity contribution in [3.8, 4) is 5.75 Å². The Morgan fingerprint density at radius 2 is 1.79 bits per heavy atom. The maximum atomic E-state index is 11.5. The molecule has 0 heterocycles. The molecule has 0 saturated carbocycles. The van der Waals surface area contributed by atoms with Crippen molar-refractivity contribution < 1.29 is 14.3 Å². The van der Waals surface area contributed by atoms with Crippen molar-refractivity contribution in [2.24, 2.45) is 5.41 Å². The molecular weight excluding hydrogens is 244 g/mol. The molecule has 1 aromatic carbocycles. The molecule has 19 heavy (non-hydrogen) atoms. The smallest absolute Gasteiger partial charge is 0.276 e. The molecule has 0 aliphatic rings. The van der Waals surface area contributed by atoms with Crippen LogP contribution in [0.15, 0.2) is 24.3 Å². The molecule has 0 radical (unpaired) electrons. The van der Waals surface area contributed by atoms with Gasteiger partial charge in [-0.3, -0.25) is 20.4 Å². The number of benzene rings is 1. The van der Waals surface area contributed by atoms with Gasteiger partial charge in [-0.2, -0.15) is 0 Å². The van der Waals surface area contributed by atoms with Crippen LogP contribution in [0.1, 0.15) is 26.3 Å². The van der Waals surface area contributed by atoms with Gasteiger partial charge in [-0.05, 0) is 18.6 Å². The van der Waals surface area contributed by atoms with Crippen LogP contribution in [-0.2, 0) is 9.59 Å². The fourth-order valence-corrected chi connectivity index (χ4v) is 1.21. The van der Waals surface area contributed by atoms with Gasteiger partial charge in [0.25, 0.3) is 5.91 Å². The van der Waals surface area contributed by atoms with Crippen LogP contribution in [0.25, 0.3) is 0 Å². The summed E-state index contributed by atoms with van der Waals surface area (Å²) in [6.07, 6.45) is 0. The van der Waals surface area contributed by atoms with Gasteiger partial charge in [0.05, 0.1) is 0 Å². The van der Waals surface area contributed by atoms with Gasteiger partial charge >= 0.3 is 0 Å². The van der Waals surface area contributed by atoms with Gasteiger partial charge in [0.2, 0.25) is 5.91 Å². The monoisotopic (exact) mass is 264 g/mol. The number of carbonyl (C=O) groups is 2. The van der Waals surface area contributed by atoms with E-state index in [0.717, 1.165) is 5.56 Å². The first-order chi connectivity index (χ1) is 8.80. The van der Waals surface area contributed by atoms with Crippen LogP contribution >= 0.6 is 0 Å². The van der Waals surface area contributed by atoms with Crippen LogP contribution in [0.4, 0.5) is 0 Å². The molecule has 0 aliphatic carbocycles. The number of amides is 2. The molecule has 1 rings (SSSR count). The van der Waals surface area contributed by atoms with E-state index in [-0.39, 0.29) is 12.5 Å². The summed E-state index contributed by atoms with van der Waals surface area (Å²) in [5.74, 6) is -0.00241. The van der Waals surface area contributed by atoms with Gasteiger partial charge in [-0.25, -0.2) is 0 Å².